The average Bonchev–Trinajstić information content (AvgIpc) is 2.41. The van der Waals surface area contributed by atoms with Gasteiger partial charge in [0.2, 0.25) is 5.91 Å². The molecule has 0 saturated carbocycles. The number of hydrogen-bond acceptors (Lipinski definition) is 6. The molecule has 0 aliphatic heterocycles. The van der Waals surface area contributed by atoms with Gasteiger partial charge in [-0.25, -0.2) is 13.4 Å². The van der Waals surface area contributed by atoms with Gasteiger partial charge < -0.3 is 25.8 Å². The number of rotatable bonds is 7. The van der Waals surface area contributed by atoms with Crippen molar-refractivity contribution in [3.63, 3.8) is 0 Å². The first kappa shape index (κ1) is 25.3. The molecule has 0 aromatic carbocycles. The topological polar surface area (TPSA) is 175 Å². The Hall–Kier alpha value is -1.92. The predicted molar refractivity (Wildman–Crippen MR) is 97.9 cm³/mol. The largest absolute Gasteiger partial charge is 0.748 e. The van der Waals surface area contributed by atoms with Gasteiger partial charge in [0.25, 0.3) is 0 Å². The van der Waals surface area contributed by atoms with E-state index >= 15 is 0 Å². The van der Waals surface area contributed by atoms with E-state index in [0.717, 1.165) is 23.9 Å². The zero-order valence-electron chi connectivity index (χ0n) is 15.6. The van der Waals surface area contributed by atoms with E-state index in [9.17, 15) is 4.79 Å². The van der Waals surface area contributed by atoms with Gasteiger partial charge in [-0.3, -0.25) is 15.1 Å². The second kappa shape index (κ2) is 12.4. The van der Waals surface area contributed by atoms with Gasteiger partial charge in [-0.15, -0.1) is 0 Å². The van der Waals surface area contributed by atoms with Crippen molar-refractivity contribution < 1.29 is 22.2 Å². The minimum Gasteiger partial charge on any atom is -0.748 e. The highest BCUT2D eigenvalue weighted by molar-refractivity contribution is 7.84. The molecule has 1 amide bonds. The molecule has 0 fully saturated rings. The molecule has 25 heavy (non-hydrogen) atoms. The zero-order valence-corrected chi connectivity index (χ0v) is 16.4. The van der Waals surface area contributed by atoms with Gasteiger partial charge in [0.1, 0.15) is 6.54 Å². The molecule has 6 N–H and O–H groups in total. The van der Waals surface area contributed by atoms with Crippen LogP contribution in [0.4, 0.5) is 0 Å². The fraction of sp³-hybridized carbons (Fsp3) is 0.769. The summed E-state index contributed by atoms with van der Waals surface area (Å²) < 4.78 is 28.2. The van der Waals surface area contributed by atoms with Crippen LogP contribution < -0.4 is 22.1 Å². The Bertz CT molecular complexity index is 545. The number of nitrogens with zero attached hydrogens (tertiary/aromatic N) is 3. The van der Waals surface area contributed by atoms with Crippen molar-refractivity contribution in [1.29, 1.82) is 0 Å². The SMILES string of the molecule is CNC(=O)CN=C(N)NC(N)=NCCCC[N+](C)(C)C.CS(=O)(=O)[O-]. The number of guanidine groups is 2. The van der Waals surface area contributed by atoms with Crippen LogP contribution in [0, 0.1) is 0 Å². The number of unbranched alkanes of at least 4 members (excludes halogenated alkanes) is 1. The summed E-state index contributed by atoms with van der Waals surface area (Å²) >= 11 is 0. The van der Waals surface area contributed by atoms with E-state index < -0.39 is 10.1 Å². The minimum absolute atomic E-state index is 0.0356. The van der Waals surface area contributed by atoms with Crippen LogP contribution in [0.2, 0.25) is 0 Å². The van der Waals surface area contributed by atoms with Gasteiger partial charge in [0.05, 0.1) is 37.8 Å². The third kappa shape index (κ3) is 27.2. The third-order valence-corrected chi connectivity index (χ3v) is 2.45. The van der Waals surface area contributed by atoms with Crippen LogP contribution in [0.1, 0.15) is 12.8 Å². The lowest BCUT2D eigenvalue weighted by Crippen LogP contribution is -2.42. The summed E-state index contributed by atoms with van der Waals surface area (Å²) in [7, 11) is 4.09. The van der Waals surface area contributed by atoms with Crippen molar-refractivity contribution in [3.05, 3.63) is 0 Å². The number of nitrogens with one attached hydrogen (secondary N) is 2. The first-order valence-electron chi connectivity index (χ1n) is 7.53. The zero-order chi connectivity index (χ0) is 20.1. The number of hydrogen-bond donors (Lipinski definition) is 4. The molecule has 0 radical (unpaired) electrons. The number of nitrogens with two attached hydrogens (primary N) is 2. The number of quaternary nitrogens is 1. The molecule has 0 aliphatic rings. The fourth-order valence-corrected chi connectivity index (χ4v) is 1.34. The van der Waals surface area contributed by atoms with Crippen molar-refractivity contribution >= 4 is 27.9 Å². The van der Waals surface area contributed by atoms with Gasteiger partial charge in [0, 0.05) is 19.8 Å². The fourth-order valence-electron chi connectivity index (χ4n) is 1.34. The Morgan fingerprint density at radius 3 is 2.04 bits per heavy atom. The highest BCUT2D eigenvalue weighted by atomic mass is 32.2. The van der Waals surface area contributed by atoms with E-state index in [2.05, 4.69) is 41.8 Å². The molecule has 0 rings (SSSR count). The molecular weight excluding hydrogens is 350 g/mol. The summed E-state index contributed by atoms with van der Waals surface area (Å²) in [5, 5.41) is 5.08. The van der Waals surface area contributed by atoms with Crippen molar-refractivity contribution in [3.8, 4) is 0 Å². The Labute approximate surface area is 149 Å². The van der Waals surface area contributed by atoms with Crippen LogP contribution in [0.25, 0.3) is 0 Å². The number of amides is 1. The summed E-state index contributed by atoms with van der Waals surface area (Å²) in [4.78, 5) is 18.9. The Morgan fingerprint density at radius 2 is 1.60 bits per heavy atom. The molecular formula is C13H31N7O4S. The Balaban J connectivity index is 0. The second-order valence-corrected chi connectivity index (χ2v) is 7.60. The van der Waals surface area contributed by atoms with Gasteiger partial charge in [0.15, 0.2) is 11.9 Å². The maximum absolute atomic E-state index is 11.0. The van der Waals surface area contributed by atoms with Crippen LogP contribution in [0.5, 0.6) is 0 Å². The predicted octanol–water partition coefficient (Wildman–Crippen LogP) is -2.40. The Kier molecular flexibility index (Phi) is 12.6. The van der Waals surface area contributed by atoms with Gasteiger partial charge in [-0.1, -0.05) is 0 Å². The highest BCUT2D eigenvalue weighted by Crippen LogP contribution is 1.97. The normalized spacial score (nSPS) is 12.9. The first-order chi connectivity index (χ1) is 11.2. The van der Waals surface area contributed by atoms with E-state index in [1.165, 1.54) is 7.05 Å². The lowest BCUT2D eigenvalue weighted by atomic mass is 10.3. The minimum atomic E-state index is -3.92. The van der Waals surface area contributed by atoms with Crippen LogP contribution in [0.15, 0.2) is 9.98 Å². The maximum atomic E-state index is 11.0. The van der Waals surface area contributed by atoms with Crippen molar-refractivity contribution in [1.82, 2.24) is 10.6 Å². The molecule has 0 saturated heterocycles. The average molecular weight is 382 g/mol. The summed E-state index contributed by atoms with van der Waals surface area (Å²) in [6, 6.07) is 0. The molecule has 0 spiro atoms. The van der Waals surface area contributed by atoms with Crippen molar-refractivity contribution in [2.75, 3.05) is 54.1 Å². The number of aliphatic imine (C=N–C) groups is 2. The van der Waals surface area contributed by atoms with Crippen LogP contribution in [-0.2, 0) is 14.9 Å². The quantitative estimate of drug-likeness (QED) is 0.125. The summed E-state index contributed by atoms with van der Waals surface area (Å²) in [6.07, 6.45) is 2.65. The first-order valence-corrected chi connectivity index (χ1v) is 9.35. The summed E-state index contributed by atoms with van der Waals surface area (Å²) in [5.41, 5.74) is 11.2. The molecule has 11 nitrogen and oxygen atoms in total. The standard InChI is InChI=1S/C12H27N7O.CH4O3S/c1-15-10(20)9-17-12(14)18-11(13)16-7-5-6-8-19(2,3)4;1-5(2,3)4/h5-9H2,1-4H3,(H5-,13,14,15,16,17,18,20);1H3,(H,2,3,4). The summed E-state index contributed by atoms with van der Waals surface area (Å²) in [5.74, 6) is 0.0835. The molecule has 0 aliphatic carbocycles. The van der Waals surface area contributed by atoms with Gasteiger partial charge in [-0.2, -0.15) is 0 Å². The van der Waals surface area contributed by atoms with Crippen LogP contribution in [-0.4, -0.2) is 89.4 Å². The molecule has 0 bridgehead atoms. The number of carbonyl (C=O) groups is 1. The van der Waals surface area contributed by atoms with Crippen LogP contribution in [0.3, 0.4) is 0 Å². The molecule has 0 atom stereocenters. The molecule has 148 valence electrons. The van der Waals surface area contributed by atoms with Gasteiger partial charge in [-0.05, 0) is 12.8 Å². The van der Waals surface area contributed by atoms with Crippen molar-refractivity contribution in [2.24, 2.45) is 21.5 Å². The smallest absolute Gasteiger partial charge is 0.241 e. The van der Waals surface area contributed by atoms with E-state index in [0.29, 0.717) is 12.8 Å². The van der Waals surface area contributed by atoms with Crippen LogP contribution >= 0.6 is 0 Å². The van der Waals surface area contributed by atoms with E-state index in [1.54, 1.807) is 0 Å². The highest BCUT2D eigenvalue weighted by Gasteiger charge is 2.05. The van der Waals surface area contributed by atoms with E-state index in [4.69, 9.17) is 24.4 Å². The molecule has 0 heterocycles. The molecule has 12 heteroatoms. The summed E-state index contributed by atoms with van der Waals surface area (Å²) in [6.45, 7) is 1.70. The Morgan fingerprint density at radius 1 is 1.12 bits per heavy atom. The molecule has 0 aromatic rings. The van der Waals surface area contributed by atoms with E-state index in [1.807, 2.05) is 0 Å². The monoisotopic (exact) mass is 381 g/mol. The lowest BCUT2D eigenvalue weighted by molar-refractivity contribution is -0.870. The maximum Gasteiger partial charge on any atom is 0.241 e. The third-order valence-electron chi connectivity index (χ3n) is 2.45. The molecule has 0 aromatic heterocycles. The number of carbonyl (C=O) groups excluding carboxylic acids is 1. The van der Waals surface area contributed by atoms with E-state index in [-0.39, 0.29) is 24.4 Å². The number of likely N-dealkylation sites (N-methyl/N-ethyl adjacent to an activating group) is 1. The van der Waals surface area contributed by atoms with Crippen molar-refractivity contribution in [2.45, 2.75) is 12.8 Å². The second-order valence-electron chi connectivity index (χ2n) is 6.19. The molecule has 0 unspecified atom stereocenters. The van der Waals surface area contributed by atoms with Gasteiger partial charge >= 0.3 is 0 Å². The lowest BCUT2D eigenvalue weighted by Gasteiger charge is -2.23.